The third-order valence-corrected chi connectivity index (χ3v) is 10.4. The van der Waals surface area contributed by atoms with Crippen molar-refractivity contribution in [3.8, 4) is 0 Å². The predicted molar refractivity (Wildman–Crippen MR) is 165 cm³/mol. The maximum absolute atomic E-state index is 6.16. The van der Waals surface area contributed by atoms with Crippen molar-refractivity contribution in [3.63, 3.8) is 0 Å². The first-order chi connectivity index (χ1) is 17.7. The molecule has 218 valence electrons. The third kappa shape index (κ3) is 24.4. The second-order valence-corrected chi connectivity index (χ2v) is 13.9. The lowest BCUT2D eigenvalue weighted by molar-refractivity contribution is 0.341. The average molecular weight is 528 g/mol. The summed E-state index contributed by atoms with van der Waals surface area (Å²) in [6, 6.07) is 0. The maximum atomic E-state index is 6.16. The molecule has 0 bridgehead atoms. The normalized spacial score (nSPS) is 12.0. The fourth-order valence-electron chi connectivity index (χ4n) is 4.97. The smallest absolute Gasteiger partial charge is 0.383 e. The van der Waals surface area contributed by atoms with Crippen LogP contribution in [0, 0.1) is 0 Å². The van der Waals surface area contributed by atoms with Crippen LogP contribution in [-0.4, -0.2) is 35.5 Å². The van der Waals surface area contributed by atoms with Crippen LogP contribution in [0.1, 0.15) is 175 Å². The predicted octanol–water partition coefficient (Wildman–Crippen LogP) is 9.26. The third-order valence-electron chi connectivity index (χ3n) is 7.52. The molecule has 0 unspecified atom stereocenters. The van der Waals surface area contributed by atoms with E-state index in [1.165, 1.54) is 154 Å². The number of unbranched alkanes of at least 4 members (excludes halogenated alkanes) is 21. The van der Waals surface area contributed by atoms with Crippen molar-refractivity contribution in [1.82, 2.24) is 14.9 Å². The van der Waals surface area contributed by atoms with E-state index in [4.69, 9.17) is 4.43 Å². The Labute approximate surface area is 229 Å². The number of hydrogen-bond acceptors (Lipinski definition) is 4. The van der Waals surface area contributed by atoms with Gasteiger partial charge in [0.05, 0.1) is 0 Å². The van der Waals surface area contributed by atoms with Crippen LogP contribution in [0.4, 0.5) is 0 Å². The second kappa shape index (κ2) is 29.6. The zero-order chi connectivity index (χ0) is 26.4. The summed E-state index contributed by atoms with van der Waals surface area (Å²) >= 11 is 0. The van der Waals surface area contributed by atoms with E-state index in [0.29, 0.717) is 0 Å². The van der Waals surface area contributed by atoms with Gasteiger partial charge in [-0.05, 0) is 38.9 Å². The molecule has 0 atom stereocenters. The van der Waals surface area contributed by atoms with Gasteiger partial charge in [0.2, 0.25) is 0 Å². The SMILES string of the molecule is CCCCCCCCCCN[Si](NCCCCCCCCCC)(NCCCCCCCCCC)OC. The summed E-state index contributed by atoms with van der Waals surface area (Å²) in [5, 5.41) is 0. The van der Waals surface area contributed by atoms with Crippen LogP contribution in [-0.2, 0) is 4.43 Å². The largest absolute Gasteiger partial charge is 0.439 e. The first-order valence-electron chi connectivity index (χ1n) is 16.5. The Bertz CT molecular complexity index is 356. The molecule has 5 heteroatoms. The Morgan fingerprint density at radius 1 is 0.361 bits per heavy atom. The van der Waals surface area contributed by atoms with Crippen LogP contribution in [0.15, 0.2) is 0 Å². The molecule has 3 N–H and O–H groups in total. The van der Waals surface area contributed by atoms with Gasteiger partial charge in [-0.2, -0.15) is 0 Å². The topological polar surface area (TPSA) is 45.3 Å². The van der Waals surface area contributed by atoms with Crippen LogP contribution in [0.2, 0.25) is 0 Å². The van der Waals surface area contributed by atoms with Gasteiger partial charge in [-0.1, -0.05) is 156 Å². The summed E-state index contributed by atoms with van der Waals surface area (Å²) < 4.78 is 6.16. The van der Waals surface area contributed by atoms with Crippen molar-refractivity contribution in [3.05, 3.63) is 0 Å². The fourth-order valence-corrected chi connectivity index (χ4v) is 7.37. The highest BCUT2D eigenvalue weighted by atomic mass is 28.4. The van der Waals surface area contributed by atoms with E-state index in [0.717, 1.165) is 19.6 Å². The maximum Gasteiger partial charge on any atom is 0.439 e. The Morgan fingerprint density at radius 3 is 0.806 bits per heavy atom. The number of rotatable bonds is 31. The van der Waals surface area contributed by atoms with Crippen molar-refractivity contribution < 1.29 is 4.43 Å². The number of nitrogens with one attached hydrogen (secondary N) is 3. The fraction of sp³-hybridized carbons (Fsp3) is 1.00. The molecule has 0 saturated carbocycles. The zero-order valence-corrected chi connectivity index (χ0v) is 26.5. The van der Waals surface area contributed by atoms with Crippen LogP contribution < -0.4 is 14.9 Å². The molecule has 0 saturated heterocycles. The van der Waals surface area contributed by atoms with Crippen LogP contribution in [0.3, 0.4) is 0 Å². The summed E-state index contributed by atoms with van der Waals surface area (Å²) in [4.78, 5) is 11.5. The molecule has 0 rings (SSSR count). The molecule has 0 aromatic carbocycles. The standard InChI is InChI=1S/C31H69N3OSi/c1-5-8-11-14-17-20-23-26-29-32-36(35-4,33-30-27-24-21-18-15-12-9-6-2)34-31-28-25-22-19-16-13-10-7-3/h32-34H,5-31H2,1-4H3. The van der Waals surface area contributed by atoms with Gasteiger partial charge in [-0.25, -0.2) is 0 Å². The Kier molecular flexibility index (Phi) is 29.7. The summed E-state index contributed by atoms with van der Waals surface area (Å²) in [7, 11) is -0.381. The molecular weight excluding hydrogens is 458 g/mol. The second-order valence-electron chi connectivity index (χ2n) is 11.1. The monoisotopic (exact) mass is 528 g/mol. The molecule has 0 aliphatic heterocycles. The van der Waals surface area contributed by atoms with Crippen molar-refractivity contribution in [2.24, 2.45) is 0 Å². The Hall–Kier alpha value is 0.0569. The lowest BCUT2D eigenvalue weighted by atomic mass is 10.1. The quantitative estimate of drug-likeness (QED) is 0.0621. The molecule has 0 spiro atoms. The van der Waals surface area contributed by atoms with Gasteiger partial charge in [-0.15, -0.1) is 0 Å². The van der Waals surface area contributed by atoms with Gasteiger partial charge in [0, 0.05) is 7.11 Å². The summed E-state index contributed by atoms with van der Waals surface area (Å²) in [6.07, 6.45) is 32.8. The molecule has 0 aliphatic carbocycles. The van der Waals surface area contributed by atoms with E-state index >= 15 is 0 Å². The molecular formula is C31H69N3OSi. The van der Waals surface area contributed by atoms with Crippen molar-refractivity contribution >= 4 is 8.80 Å². The highest BCUT2D eigenvalue weighted by molar-refractivity contribution is 6.66. The minimum absolute atomic E-state index is 1.06. The van der Waals surface area contributed by atoms with Gasteiger partial charge < -0.3 is 4.43 Å². The van der Waals surface area contributed by atoms with Gasteiger partial charge in [0.15, 0.2) is 0 Å². The molecule has 0 aromatic rings. The van der Waals surface area contributed by atoms with Gasteiger partial charge in [0.1, 0.15) is 0 Å². The molecule has 0 radical (unpaired) electrons. The molecule has 4 nitrogen and oxygen atoms in total. The van der Waals surface area contributed by atoms with Gasteiger partial charge >= 0.3 is 8.80 Å². The van der Waals surface area contributed by atoms with Crippen LogP contribution in [0.5, 0.6) is 0 Å². The molecule has 0 aliphatic rings. The molecule has 0 amide bonds. The molecule has 0 fully saturated rings. The minimum Gasteiger partial charge on any atom is -0.383 e. The van der Waals surface area contributed by atoms with E-state index in [-0.39, 0.29) is 0 Å². The van der Waals surface area contributed by atoms with E-state index in [1.54, 1.807) is 0 Å². The van der Waals surface area contributed by atoms with E-state index in [2.05, 4.69) is 35.7 Å². The molecule has 36 heavy (non-hydrogen) atoms. The van der Waals surface area contributed by atoms with Crippen molar-refractivity contribution in [2.75, 3.05) is 26.7 Å². The summed E-state index contributed by atoms with van der Waals surface area (Å²) in [5.74, 6) is 0. The average Bonchev–Trinajstić information content (AvgIpc) is 2.89. The van der Waals surface area contributed by atoms with E-state index in [9.17, 15) is 0 Å². The van der Waals surface area contributed by atoms with Crippen molar-refractivity contribution in [2.45, 2.75) is 175 Å². The molecule has 0 heterocycles. The molecule has 0 aromatic heterocycles. The van der Waals surface area contributed by atoms with Crippen LogP contribution >= 0.6 is 0 Å². The van der Waals surface area contributed by atoms with E-state index in [1.807, 2.05) is 7.11 Å². The highest BCUT2D eigenvalue weighted by Crippen LogP contribution is 2.10. The number of hydrogen-bond donors (Lipinski definition) is 3. The van der Waals surface area contributed by atoms with Gasteiger partial charge in [0.25, 0.3) is 0 Å². The Balaban J connectivity index is 4.22. The lowest BCUT2D eigenvalue weighted by Crippen LogP contribution is -2.74. The lowest BCUT2D eigenvalue weighted by Gasteiger charge is -2.31. The Morgan fingerprint density at radius 2 is 0.583 bits per heavy atom. The van der Waals surface area contributed by atoms with Gasteiger partial charge in [-0.3, -0.25) is 14.9 Å². The first-order valence-corrected chi connectivity index (χ1v) is 18.5. The van der Waals surface area contributed by atoms with E-state index < -0.39 is 8.80 Å². The summed E-state index contributed by atoms with van der Waals surface area (Å²) in [6.45, 7) is 10.1. The minimum atomic E-state index is -2.28. The van der Waals surface area contributed by atoms with Crippen molar-refractivity contribution in [1.29, 1.82) is 0 Å². The van der Waals surface area contributed by atoms with Crippen LogP contribution in [0.25, 0.3) is 0 Å². The summed E-state index contributed by atoms with van der Waals surface area (Å²) in [5.41, 5.74) is 0. The first kappa shape index (κ1) is 36.1. The highest BCUT2D eigenvalue weighted by Gasteiger charge is 2.34. The zero-order valence-electron chi connectivity index (χ0n) is 25.5.